The molecule has 1 amide bonds. The second-order valence-corrected chi connectivity index (χ2v) is 4.85. The van der Waals surface area contributed by atoms with Crippen LogP contribution >= 0.6 is 0 Å². The molecule has 7 nitrogen and oxygen atoms in total. The number of rotatable bonds is 6. The Morgan fingerprint density at radius 2 is 2.14 bits per heavy atom. The molecule has 0 saturated heterocycles. The molecule has 2 aromatic rings. The number of aromatic nitrogens is 4. The van der Waals surface area contributed by atoms with Crippen LogP contribution in [0.3, 0.4) is 0 Å². The molecular formula is C14H19N5O2. The van der Waals surface area contributed by atoms with Gasteiger partial charge < -0.3 is 15.3 Å². The predicted molar refractivity (Wildman–Crippen MR) is 78.0 cm³/mol. The zero-order valence-corrected chi connectivity index (χ0v) is 12.2. The molecule has 0 unspecified atom stereocenters. The molecule has 0 aliphatic rings. The van der Waals surface area contributed by atoms with Gasteiger partial charge >= 0.3 is 0 Å². The molecule has 0 fully saturated rings. The highest BCUT2D eigenvalue weighted by atomic mass is 16.1. The first-order valence-corrected chi connectivity index (χ1v) is 6.87. The van der Waals surface area contributed by atoms with Gasteiger partial charge in [0, 0.05) is 43.0 Å². The van der Waals surface area contributed by atoms with Crippen LogP contribution < -0.4 is 10.9 Å². The van der Waals surface area contributed by atoms with Crippen molar-refractivity contribution in [3.05, 3.63) is 45.7 Å². The first-order valence-electron chi connectivity index (χ1n) is 6.87. The number of aromatic amines is 2. The first-order chi connectivity index (χ1) is 10.1. The van der Waals surface area contributed by atoms with Gasteiger partial charge in [0.1, 0.15) is 11.6 Å². The van der Waals surface area contributed by atoms with E-state index in [2.05, 4.69) is 25.3 Å². The largest absolute Gasteiger partial charge is 0.356 e. The van der Waals surface area contributed by atoms with Crippen molar-refractivity contribution >= 4 is 5.91 Å². The Labute approximate surface area is 122 Å². The maximum absolute atomic E-state index is 11.8. The number of aryl methyl sites for hydroxylation is 2. The number of carbonyl (C=O) groups is 1. The minimum Gasteiger partial charge on any atom is -0.356 e. The summed E-state index contributed by atoms with van der Waals surface area (Å²) in [4.78, 5) is 37.5. The van der Waals surface area contributed by atoms with Gasteiger partial charge in [-0.05, 0) is 20.3 Å². The summed E-state index contributed by atoms with van der Waals surface area (Å²) in [5.41, 5.74) is 1.09. The number of imidazole rings is 1. The lowest BCUT2D eigenvalue weighted by molar-refractivity contribution is -0.121. The molecule has 0 atom stereocenters. The van der Waals surface area contributed by atoms with Gasteiger partial charge in [-0.2, -0.15) is 0 Å². The fourth-order valence-corrected chi connectivity index (χ4v) is 2.13. The minimum absolute atomic E-state index is 0.0825. The average Bonchev–Trinajstić information content (AvgIpc) is 2.90. The average molecular weight is 289 g/mol. The number of amides is 1. The fraction of sp³-hybridized carbons (Fsp3) is 0.429. The molecule has 0 spiro atoms. The number of nitrogens with one attached hydrogen (secondary N) is 3. The summed E-state index contributed by atoms with van der Waals surface area (Å²) < 4.78 is 0. The quantitative estimate of drug-likeness (QED) is 0.716. The third-order valence-electron chi connectivity index (χ3n) is 3.18. The standard InChI is InChI=1S/C14H19N5O2/c1-9-11(14(21)19-10(2)18-9)3-4-13(20)17-6-5-12-15-7-8-16-12/h7-8H,3-6H2,1-2H3,(H,15,16)(H,17,20)(H,18,19,21). The molecule has 0 saturated carbocycles. The van der Waals surface area contributed by atoms with Gasteiger partial charge in [0.2, 0.25) is 5.91 Å². The highest BCUT2D eigenvalue weighted by molar-refractivity contribution is 5.76. The van der Waals surface area contributed by atoms with E-state index in [-0.39, 0.29) is 17.9 Å². The van der Waals surface area contributed by atoms with Crippen LogP contribution in [-0.4, -0.2) is 32.4 Å². The number of H-pyrrole nitrogens is 2. The van der Waals surface area contributed by atoms with E-state index in [1.165, 1.54) is 0 Å². The molecule has 2 aromatic heterocycles. The van der Waals surface area contributed by atoms with Gasteiger partial charge in [-0.25, -0.2) is 9.97 Å². The van der Waals surface area contributed by atoms with Crippen LogP contribution in [0.25, 0.3) is 0 Å². The highest BCUT2D eigenvalue weighted by Crippen LogP contribution is 2.02. The first kappa shape index (κ1) is 15.0. The molecule has 112 valence electrons. The molecular weight excluding hydrogens is 270 g/mol. The molecule has 2 rings (SSSR count). The van der Waals surface area contributed by atoms with E-state index < -0.39 is 0 Å². The van der Waals surface area contributed by atoms with Crippen molar-refractivity contribution in [3.8, 4) is 0 Å². The smallest absolute Gasteiger partial charge is 0.254 e. The lowest BCUT2D eigenvalue weighted by Crippen LogP contribution is -2.27. The zero-order chi connectivity index (χ0) is 15.2. The molecule has 3 N–H and O–H groups in total. The van der Waals surface area contributed by atoms with Crippen LogP contribution in [0.2, 0.25) is 0 Å². The molecule has 7 heteroatoms. The van der Waals surface area contributed by atoms with Gasteiger partial charge in [-0.15, -0.1) is 0 Å². The van der Waals surface area contributed by atoms with Gasteiger partial charge in [0.15, 0.2) is 0 Å². The second kappa shape index (κ2) is 6.83. The molecule has 0 aromatic carbocycles. The van der Waals surface area contributed by atoms with Crippen molar-refractivity contribution in [2.75, 3.05) is 6.54 Å². The Hall–Kier alpha value is -2.44. The minimum atomic E-state index is -0.164. The van der Waals surface area contributed by atoms with Gasteiger partial charge in [0.05, 0.1) is 0 Å². The SMILES string of the molecule is Cc1nc(C)c(CCC(=O)NCCc2ncc[nH]2)c(=O)[nH]1. The van der Waals surface area contributed by atoms with E-state index in [1.54, 1.807) is 26.2 Å². The van der Waals surface area contributed by atoms with Crippen molar-refractivity contribution in [1.82, 2.24) is 25.3 Å². The van der Waals surface area contributed by atoms with Crippen molar-refractivity contribution in [2.24, 2.45) is 0 Å². The van der Waals surface area contributed by atoms with Crippen LogP contribution in [0.5, 0.6) is 0 Å². The number of hydrogen-bond acceptors (Lipinski definition) is 4. The summed E-state index contributed by atoms with van der Waals surface area (Å²) in [7, 11) is 0. The summed E-state index contributed by atoms with van der Waals surface area (Å²) in [6.45, 7) is 4.04. The van der Waals surface area contributed by atoms with Gasteiger partial charge in [-0.3, -0.25) is 9.59 Å². The van der Waals surface area contributed by atoms with E-state index in [0.717, 1.165) is 5.82 Å². The highest BCUT2D eigenvalue weighted by Gasteiger charge is 2.09. The summed E-state index contributed by atoms with van der Waals surface area (Å²) in [5.74, 6) is 1.34. The lowest BCUT2D eigenvalue weighted by Gasteiger charge is -2.06. The normalized spacial score (nSPS) is 10.6. The molecule has 0 radical (unpaired) electrons. The van der Waals surface area contributed by atoms with Gasteiger partial charge in [0.25, 0.3) is 5.56 Å². The Bertz CT molecular complexity index is 660. The van der Waals surface area contributed by atoms with Crippen molar-refractivity contribution in [2.45, 2.75) is 33.1 Å². The van der Waals surface area contributed by atoms with Crippen molar-refractivity contribution < 1.29 is 4.79 Å². The monoisotopic (exact) mass is 289 g/mol. The number of carbonyl (C=O) groups excluding carboxylic acids is 1. The number of nitrogens with zero attached hydrogens (tertiary/aromatic N) is 2. The zero-order valence-electron chi connectivity index (χ0n) is 12.2. The Morgan fingerprint density at radius 1 is 1.33 bits per heavy atom. The Balaban J connectivity index is 1.80. The van der Waals surface area contributed by atoms with Gasteiger partial charge in [-0.1, -0.05) is 0 Å². The van der Waals surface area contributed by atoms with E-state index in [4.69, 9.17) is 0 Å². The fourth-order valence-electron chi connectivity index (χ4n) is 2.13. The van der Waals surface area contributed by atoms with Crippen LogP contribution in [-0.2, 0) is 17.6 Å². The summed E-state index contributed by atoms with van der Waals surface area (Å²) in [6.07, 6.45) is 4.74. The van der Waals surface area contributed by atoms with E-state index in [0.29, 0.717) is 36.5 Å². The maximum atomic E-state index is 11.8. The maximum Gasteiger partial charge on any atom is 0.254 e. The topological polar surface area (TPSA) is 104 Å². The second-order valence-electron chi connectivity index (χ2n) is 4.85. The van der Waals surface area contributed by atoms with Crippen molar-refractivity contribution in [1.29, 1.82) is 0 Å². The predicted octanol–water partition coefficient (Wildman–Crippen LogP) is 0.401. The Kier molecular flexibility index (Phi) is 4.86. The van der Waals surface area contributed by atoms with E-state index >= 15 is 0 Å². The lowest BCUT2D eigenvalue weighted by atomic mass is 10.1. The number of hydrogen-bond donors (Lipinski definition) is 3. The van der Waals surface area contributed by atoms with Crippen molar-refractivity contribution in [3.63, 3.8) is 0 Å². The summed E-state index contributed by atoms with van der Waals surface area (Å²) >= 11 is 0. The summed E-state index contributed by atoms with van der Waals surface area (Å²) in [5, 5.41) is 2.81. The Morgan fingerprint density at radius 3 is 2.81 bits per heavy atom. The van der Waals surface area contributed by atoms with E-state index in [9.17, 15) is 9.59 Å². The third-order valence-corrected chi connectivity index (χ3v) is 3.18. The van der Waals surface area contributed by atoms with Crippen LogP contribution in [0.15, 0.2) is 17.2 Å². The molecule has 21 heavy (non-hydrogen) atoms. The molecule has 0 aliphatic heterocycles. The molecule has 0 aliphatic carbocycles. The molecule has 2 heterocycles. The van der Waals surface area contributed by atoms with Crippen LogP contribution in [0.1, 0.15) is 29.3 Å². The van der Waals surface area contributed by atoms with E-state index in [1.807, 2.05) is 0 Å². The summed E-state index contributed by atoms with van der Waals surface area (Å²) in [6, 6.07) is 0. The van der Waals surface area contributed by atoms with Crippen LogP contribution in [0, 0.1) is 13.8 Å². The molecule has 0 bridgehead atoms. The third kappa shape index (κ3) is 4.27. The van der Waals surface area contributed by atoms with Crippen LogP contribution in [0.4, 0.5) is 0 Å².